The van der Waals surface area contributed by atoms with Crippen molar-refractivity contribution in [2.75, 3.05) is 17.5 Å². The highest BCUT2D eigenvalue weighted by molar-refractivity contribution is 7.92. The number of carbonyl (C=O) groups excluding carboxylic acids is 1. The molecule has 1 fully saturated rings. The van der Waals surface area contributed by atoms with E-state index in [2.05, 4.69) is 10.0 Å². The molecule has 0 radical (unpaired) electrons. The van der Waals surface area contributed by atoms with Crippen LogP contribution in [0.3, 0.4) is 0 Å². The maximum absolute atomic E-state index is 12.3. The first-order valence-corrected chi connectivity index (χ1v) is 8.37. The third-order valence-electron chi connectivity index (χ3n) is 3.23. The number of para-hydroxylation sites is 1. The first-order chi connectivity index (χ1) is 9.40. The zero-order valence-corrected chi connectivity index (χ0v) is 13.3. The molecule has 1 saturated carbocycles. The molecule has 21 heavy (non-hydrogen) atoms. The van der Waals surface area contributed by atoms with E-state index < -0.39 is 10.0 Å². The Morgan fingerprint density at radius 1 is 1.38 bits per heavy atom. The number of nitrogens with one attached hydrogen (secondary N) is 2. The van der Waals surface area contributed by atoms with Crippen molar-refractivity contribution < 1.29 is 13.2 Å². The van der Waals surface area contributed by atoms with Crippen LogP contribution in [0, 0.1) is 5.92 Å². The molecule has 1 amide bonds. The second-order valence-corrected chi connectivity index (χ2v) is 6.82. The van der Waals surface area contributed by atoms with Crippen molar-refractivity contribution in [1.82, 2.24) is 5.32 Å². The summed E-state index contributed by atoms with van der Waals surface area (Å²) in [6.07, 6.45) is 3.20. The van der Waals surface area contributed by atoms with Crippen LogP contribution >= 0.6 is 12.4 Å². The molecule has 1 aromatic carbocycles. The molecule has 2 rings (SSSR count). The highest BCUT2D eigenvalue weighted by Crippen LogP contribution is 2.32. The van der Waals surface area contributed by atoms with E-state index >= 15 is 0 Å². The molecule has 1 aliphatic carbocycles. The summed E-state index contributed by atoms with van der Waals surface area (Å²) in [4.78, 5) is 12.3. The van der Waals surface area contributed by atoms with Crippen molar-refractivity contribution >= 4 is 34.0 Å². The fraction of sp³-hybridized carbons (Fsp3) is 0.462. The van der Waals surface area contributed by atoms with Crippen molar-refractivity contribution in [1.29, 1.82) is 0 Å². The molecule has 0 aromatic heterocycles. The van der Waals surface area contributed by atoms with Gasteiger partial charge in [-0.25, -0.2) is 8.42 Å². The predicted molar refractivity (Wildman–Crippen MR) is 85.2 cm³/mol. The standard InChI is InChI=1S/C13H19N3O3S.ClH/c1-20(18,19)16-11-5-3-2-4-10(11)13(17)15-12(8-14)9-6-7-9;/h2-5,9,12,16H,6-8,14H2,1H3,(H,15,17);1H. The quantitative estimate of drug-likeness (QED) is 0.721. The summed E-state index contributed by atoms with van der Waals surface area (Å²) < 4.78 is 25.0. The number of benzene rings is 1. The average molecular weight is 334 g/mol. The molecular formula is C13H20ClN3O3S. The highest BCUT2D eigenvalue weighted by Gasteiger charge is 2.31. The zero-order valence-electron chi connectivity index (χ0n) is 11.7. The number of halogens is 1. The summed E-state index contributed by atoms with van der Waals surface area (Å²) in [7, 11) is -3.43. The number of anilines is 1. The average Bonchev–Trinajstić information content (AvgIpc) is 3.18. The summed E-state index contributed by atoms with van der Waals surface area (Å²) in [5, 5.41) is 2.87. The van der Waals surface area contributed by atoms with E-state index in [0.29, 0.717) is 18.0 Å². The minimum Gasteiger partial charge on any atom is -0.348 e. The van der Waals surface area contributed by atoms with Crippen LogP contribution in [-0.4, -0.2) is 33.2 Å². The number of hydrogen-bond acceptors (Lipinski definition) is 4. The zero-order chi connectivity index (χ0) is 14.8. The van der Waals surface area contributed by atoms with Gasteiger partial charge in [-0.1, -0.05) is 12.1 Å². The van der Waals surface area contributed by atoms with E-state index in [4.69, 9.17) is 5.73 Å². The highest BCUT2D eigenvalue weighted by atomic mass is 35.5. The molecule has 0 aliphatic heterocycles. The number of nitrogens with two attached hydrogens (primary N) is 1. The summed E-state index contributed by atoms with van der Waals surface area (Å²) in [5.41, 5.74) is 6.23. The monoisotopic (exact) mass is 333 g/mol. The fourth-order valence-corrected chi connectivity index (χ4v) is 2.66. The molecule has 6 nitrogen and oxygen atoms in total. The number of rotatable bonds is 6. The molecule has 4 N–H and O–H groups in total. The van der Waals surface area contributed by atoms with E-state index in [9.17, 15) is 13.2 Å². The molecule has 1 aliphatic rings. The van der Waals surface area contributed by atoms with Crippen molar-refractivity contribution in [2.45, 2.75) is 18.9 Å². The Hall–Kier alpha value is -1.31. The summed E-state index contributed by atoms with van der Waals surface area (Å²) in [6, 6.07) is 6.46. The van der Waals surface area contributed by atoms with Crippen molar-refractivity contribution in [2.24, 2.45) is 11.7 Å². The van der Waals surface area contributed by atoms with E-state index in [1.54, 1.807) is 24.3 Å². The van der Waals surface area contributed by atoms with Gasteiger partial charge in [0.2, 0.25) is 10.0 Å². The second kappa shape index (κ2) is 7.11. The lowest BCUT2D eigenvalue weighted by molar-refractivity contribution is 0.0934. The van der Waals surface area contributed by atoms with E-state index in [1.807, 2.05) is 0 Å². The van der Waals surface area contributed by atoms with Crippen LogP contribution in [0.5, 0.6) is 0 Å². The van der Waals surface area contributed by atoms with E-state index in [-0.39, 0.29) is 30.0 Å². The molecule has 0 saturated heterocycles. The van der Waals surface area contributed by atoms with Gasteiger partial charge in [-0.2, -0.15) is 0 Å². The number of sulfonamides is 1. The Balaban J connectivity index is 0.00000220. The SMILES string of the molecule is CS(=O)(=O)Nc1ccccc1C(=O)NC(CN)C1CC1.Cl. The third kappa shape index (κ3) is 5.18. The Morgan fingerprint density at radius 2 is 2.00 bits per heavy atom. The van der Waals surface area contributed by atoms with Crippen molar-refractivity contribution in [3.05, 3.63) is 29.8 Å². The van der Waals surface area contributed by atoms with Crippen LogP contribution in [-0.2, 0) is 10.0 Å². The third-order valence-corrected chi connectivity index (χ3v) is 3.82. The number of hydrogen-bond donors (Lipinski definition) is 3. The van der Waals surface area contributed by atoms with Crippen LogP contribution in [0.2, 0.25) is 0 Å². The van der Waals surface area contributed by atoms with Gasteiger partial charge in [-0.3, -0.25) is 9.52 Å². The summed E-state index contributed by atoms with van der Waals surface area (Å²) >= 11 is 0. The van der Waals surface area contributed by atoms with Gasteiger partial charge < -0.3 is 11.1 Å². The van der Waals surface area contributed by atoms with Gasteiger partial charge in [0, 0.05) is 12.6 Å². The van der Waals surface area contributed by atoms with Crippen molar-refractivity contribution in [3.63, 3.8) is 0 Å². The normalized spacial score (nSPS) is 15.7. The number of amides is 1. The minimum absolute atomic E-state index is 0. The summed E-state index contributed by atoms with van der Waals surface area (Å²) in [6.45, 7) is 0.387. The van der Waals surface area contributed by atoms with Crippen LogP contribution in [0.15, 0.2) is 24.3 Å². The maximum atomic E-state index is 12.3. The molecule has 8 heteroatoms. The lowest BCUT2D eigenvalue weighted by atomic mass is 10.1. The van der Waals surface area contributed by atoms with Gasteiger partial charge in [0.05, 0.1) is 17.5 Å². The van der Waals surface area contributed by atoms with Crippen molar-refractivity contribution in [3.8, 4) is 0 Å². The van der Waals surface area contributed by atoms with Crippen LogP contribution in [0.4, 0.5) is 5.69 Å². The van der Waals surface area contributed by atoms with Gasteiger partial charge in [0.15, 0.2) is 0 Å². The molecule has 118 valence electrons. The molecule has 0 heterocycles. The summed E-state index contributed by atoms with van der Waals surface area (Å²) in [5.74, 6) is 0.137. The molecule has 1 atom stereocenters. The second-order valence-electron chi connectivity index (χ2n) is 5.07. The lowest BCUT2D eigenvalue weighted by Crippen LogP contribution is -2.42. The molecule has 0 bridgehead atoms. The topological polar surface area (TPSA) is 101 Å². The lowest BCUT2D eigenvalue weighted by Gasteiger charge is -2.17. The van der Waals surface area contributed by atoms with Gasteiger partial charge >= 0.3 is 0 Å². The predicted octanol–water partition coefficient (Wildman–Crippen LogP) is 0.947. The van der Waals surface area contributed by atoms with Gasteiger partial charge in [0.25, 0.3) is 5.91 Å². The molecule has 1 aromatic rings. The molecule has 1 unspecified atom stereocenters. The smallest absolute Gasteiger partial charge is 0.253 e. The maximum Gasteiger partial charge on any atom is 0.253 e. The number of carbonyl (C=O) groups is 1. The molecule has 0 spiro atoms. The first kappa shape index (κ1) is 17.7. The van der Waals surface area contributed by atoms with E-state index in [0.717, 1.165) is 19.1 Å². The van der Waals surface area contributed by atoms with Gasteiger partial charge in [-0.15, -0.1) is 12.4 Å². The Labute approximate surface area is 130 Å². The van der Waals surface area contributed by atoms with E-state index in [1.165, 1.54) is 0 Å². The minimum atomic E-state index is -3.43. The first-order valence-electron chi connectivity index (χ1n) is 6.48. The van der Waals surface area contributed by atoms with Crippen LogP contribution in [0.1, 0.15) is 23.2 Å². The Kier molecular flexibility index (Phi) is 6.00. The van der Waals surface area contributed by atoms with Gasteiger partial charge in [-0.05, 0) is 30.9 Å². The largest absolute Gasteiger partial charge is 0.348 e. The molecular weight excluding hydrogens is 314 g/mol. The fourth-order valence-electron chi connectivity index (χ4n) is 2.08. The van der Waals surface area contributed by atoms with Gasteiger partial charge in [0.1, 0.15) is 0 Å². The van der Waals surface area contributed by atoms with Crippen LogP contribution in [0.25, 0.3) is 0 Å². The Bertz CT molecular complexity index is 602. The van der Waals surface area contributed by atoms with Crippen LogP contribution < -0.4 is 15.8 Å². The Morgan fingerprint density at radius 3 is 2.52 bits per heavy atom.